The number of methoxy groups -OCH3 is 1. The summed E-state index contributed by atoms with van der Waals surface area (Å²) >= 11 is 9.67. The maximum Gasteiger partial charge on any atom is 0.338 e. The molecule has 1 aliphatic heterocycles. The Labute approximate surface area is 267 Å². The van der Waals surface area contributed by atoms with Gasteiger partial charge in [0.1, 0.15) is 12.4 Å². The summed E-state index contributed by atoms with van der Waals surface area (Å²) in [5, 5.41) is 9.97. The van der Waals surface area contributed by atoms with E-state index in [2.05, 4.69) is 37.1 Å². The van der Waals surface area contributed by atoms with E-state index < -0.39 is 23.9 Å². The summed E-state index contributed by atoms with van der Waals surface area (Å²) < 4.78 is 23.1. The number of benzene rings is 3. The van der Waals surface area contributed by atoms with Crippen molar-refractivity contribution in [3.8, 4) is 17.2 Å². The highest BCUT2D eigenvalue weighted by Crippen LogP contribution is 2.34. The predicted octanol–water partition coefficient (Wildman–Crippen LogP) is 5.41. The van der Waals surface area contributed by atoms with Gasteiger partial charge in [0.15, 0.2) is 18.1 Å². The van der Waals surface area contributed by atoms with Crippen LogP contribution in [0.25, 0.3) is 0 Å². The molecule has 44 heavy (non-hydrogen) atoms. The fourth-order valence-electron chi connectivity index (χ4n) is 4.28. The van der Waals surface area contributed by atoms with E-state index in [0.717, 1.165) is 10.0 Å². The Bertz CT molecular complexity index is 1610. The van der Waals surface area contributed by atoms with Crippen LogP contribution in [0.5, 0.6) is 17.2 Å². The van der Waals surface area contributed by atoms with Gasteiger partial charge >= 0.3 is 12.0 Å². The van der Waals surface area contributed by atoms with E-state index >= 15 is 0 Å². The fraction of sp³-hybridized carbons (Fsp3) is 0.226. The number of allylic oxidation sites excluding steroid dienone is 1. The molecular weight excluding hydrogens is 656 g/mol. The molecular formula is C31H30BrClN4O7. The summed E-state index contributed by atoms with van der Waals surface area (Å²) in [4.78, 5) is 37.3. The summed E-state index contributed by atoms with van der Waals surface area (Å²) in [6.45, 7) is 3.40. The van der Waals surface area contributed by atoms with Gasteiger partial charge in [-0.25, -0.2) is 15.0 Å². The van der Waals surface area contributed by atoms with Crippen LogP contribution in [0.1, 0.15) is 36.6 Å². The predicted molar refractivity (Wildman–Crippen MR) is 168 cm³/mol. The van der Waals surface area contributed by atoms with E-state index in [0.29, 0.717) is 33.3 Å². The standard InChI is InChI=1S/C31H30BrClN4O7/c1-4-42-30(39)28-18(2)35-31(40)36-29(28)19-9-11-25(26(14-19)41-3)44-17-27(38)37-34-15-21-13-22(32)10-12-24(21)43-16-20-7-5-6-8-23(20)33/h5-15,29H,4,16-17H2,1-3H3,(H,37,38)(H2,35,36,40)/b34-15-/t29-/m0/s1. The molecule has 0 unspecified atom stereocenters. The maximum atomic E-state index is 12.6. The van der Waals surface area contributed by atoms with Crippen LogP contribution in [-0.2, 0) is 20.9 Å². The molecule has 3 N–H and O–H groups in total. The topological polar surface area (TPSA) is 137 Å². The van der Waals surface area contributed by atoms with Crippen molar-refractivity contribution in [2.45, 2.75) is 26.5 Å². The zero-order chi connectivity index (χ0) is 31.6. The number of amides is 3. The average molecular weight is 686 g/mol. The number of carbonyl (C=O) groups excluding carboxylic acids is 3. The third kappa shape index (κ3) is 8.29. The number of carbonyl (C=O) groups is 3. The molecule has 0 saturated heterocycles. The number of urea groups is 1. The fourth-order valence-corrected chi connectivity index (χ4v) is 4.85. The minimum atomic E-state index is -0.778. The molecule has 3 aromatic carbocycles. The van der Waals surface area contributed by atoms with Crippen molar-refractivity contribution in [1.82, 2.24) is 16.1 Å². The van der Waals surface area contributed by atoms with Crippen molar-refractivity contribution in [1.29, 1.82) is 0 Å². The first-order valence-electron chi connectivity index (χ1n) is 13.4. The van der Waals surface area contributed by atoms with E-state index in [1.54, 1.807) is 50.2 Å². The molecule has 0 spiro atoms. The molecule has 0 aliphatic carbocycles. The van der Waals surface area contributed by atoms with Gasteiger partial charge < -0.3 is 29.6 Å². The van der Waals surface area contributed by atoms with Gasteiger partial charge in [0.25, 0.3) is 5.91 Å². The number of hydrogen-bond acceptors (Lipinski definition) is 8. The number of nitrogens with one attached hydrogen (secondary N) is 3. The van der Waals surface area contributed by atoms with Crippen LogP contribution in [0.15, 0.2) is 81.5 Å². The zero-order valence-electron chi connectivity index (χ0n) is 24.1. The molecule has 1 atom stereocenters. The second-order valence-electron chi connectivity index (χ2n) is 9.35. The Kier molecular flexibility index (Phi) is 11.2. The summed E-state index contributed by atoms with van der Waals surface area (Å²) in [6, 6.07) is 16.4. The first kappa shape index (κ1) is 32.4. The van der Waals surface area contributed by atoms with E-state index in [9.17, 15) is 14.4 Å². The molecule has 11 nitrogen and oxygen atoms in total. The number of esters is 1. The molecule has 0 aromatic heterocycles. The van der Waals surface area contributed by atoms with Crippen molar-refractivity contribution in [2.24, 2.45) is 5.10 Å². The second kappa shape index (κ2) is 15.3. The first-order valence-corrected chi connectivity index (χ1v) is 14.6. The number of ether oxygens (including phenoxy) is 4. The molecule has 4 rings (SSSR count). The number of hydrogen-bond donors (Lipinski definition) is 3. The SMILES string of the molecule is CCOC(=O)C1=C(C)NC(=O)N[C@H]1c1ccc(OCC(=O)N/N=C\c2cc(Br)ccc2OCc2ccccc2Cl)c(OC)c1. The summed E-state index contributed by atoms with van der Waals surface area (Å²) in [6.07, 6.45) is 1.46. The maximum absolute atomic E-state index is 12.6. The van der Waals surface area contributed by atoms with Crippen LogP contribution in [0.2, 0.25) is 5.02 Å². The van der Waals surface area contributed by atoms with Crippen molar-refractivity contribution >= 4 is 51.7 Å². The summed E-state index contributed by atoms with van der Waals surface area (Å²) in [5.74, 6) is 0.0438. The lowest BCUT2D eigenvalue weighted by Crippen LogP contribution is -2.45. The Morgan fingerprint density at radius 1 is 1.07 bits per heavy atom. The molecule has 3 aromatic rings. The first-order chi connectivity index (χ1) is 21.2. The third-order valence-corrected chi connectivity index (χ3v) is 7.21. The normalized spacial score (nSPS) is 14.5. The summed E-state index contributed by atoms with van der Waals surface area (Å²) in [5.41, 5.74) is 5.10. The van der Waals surface area contributed by atoms with E-state index in [1.807, 2.05) is 24.3 Å². The molecule has 0 bridgehead atoms. The van der Waals surface area contributed by atoms with Crippen molar-refractivity contribution in [3.63, 3.8) is 0 Å². The minimum Gasteiger partial charge on any atom is -0.493 e. The Morgan fingerprint density at radius 3 is 2.59 bits per heavy atom. The minimum absolute atomic E-state index is 0.180. The van der Waals surface area contributed by atoms with E-state index in [4.69, 9.17) is 30.5 Å². The monoisotopic (exact) mass is 684 g/mol. The van der Waals surface area contributed by atoms with Gasteiger partial charge in [-0.15, -0.1) is 0 Å². The number of hydrazone groups is 1. The number of halogens is 2. The Morgan fingerprint density at radius 2 is 1.84 bits per heavy atom. The van der Waals surface area contributed by atoms with Gasteiger partial charge in [-0.1, -0.05) is 51.8 Å². The Hall–Kier alpha value is -4.55. The molecule has 0 saturated carbocycles. The third-order valence-electron chi connectivity index (χ3n) is 6.35. The molecule has 1 heterocycles. The molecule has 0 radical (unpaired) electrons. The van der Waals surface area contributed by atoms with Crippen molar-refractivity contribution < 1.29 is 33.3 Å². The van der Waals surface area contributed by atoms with Gasteiger partial charge in [0.2, 0.25) is 0 Å². The van der Waals surface area contributed by atoms with Gasteiger partial charge in [0, 0.05) is 26.3 Å². The van der Waals surface area contributed by atoms with E-state index in [1.165, 1.54) is 13.3 Å². The lowest BCUT2D eigenvalue weighted by molar-refractivity contribution is -0.139. The zero-order valence-corrected chi connectivity index (χ0v) is 26.5. The molecule has 3 amide bonds. The van der Waals surface area contributed by atoms with Crippen LogP contribution in [0.3, 0.4) is 0 Å². The van der Waals surface area contributed by atoms with Crippen LogP contribution < -0.4 is 30.3 Å². The largest absolute Gasteiger partial charge is 0.493 e. The van der Waals surface area contributed by atoms with Gasteiger partial charge in [-0.05, 0) is 55.8 Å². The lowest BCUT2D eigenvalue weighted by Gasteiger charge is -2.28. The highest BCUT2D eigenvalue weighted by Gasteiger charge is 2.32. The molecule has 1 aliphatic rings. The van der Waals surface area contributed by atoms with Gasteiger partial charge in [-0.3, -0.25) is 4.79 Å². The molecule has 13 heteroatoms. The van der Waals surface area contributed by atoms with Gasteiger partial charge in [0.05, 0.1) is 31.5 Å². The Balaban J connectivity index is 1.39. The molecule has 230 valence electrons. The van der Waals surface area contributed by atoms with Crippen molar-refractivity contribution in [3.05, 3.63) is 98.1 Å². The lowest BCUT2D eigenvalue weighted by atomic mass is 9.95. The highest BCUT2D eigenvalue weighted by atomic mass is 79.9. The highest BCUT2D eigenvalue weighted by molar-refractivity contribution is 9.10. The summed E-state index contributed by atoms with van der Waals surface area (Å²) in [7, 11) is 1.44. The molecule has 0 fully saturated rings. The number of rotatable bonds is 12. The van der Waals surface area contributed by atoms with Crippen molar-refractivity contribution in [2.75, 3.05) is 20.3 Å². The van der Waals surface area contributed by atoms with Crippen LogP contribution in [0.4, 0.5) is 4.79 Å². The second-order valence-corrected chi connectivity index (χ2v) is 10.7. The van der Waals surface area contributed by atoms with Crippen LogP contribution >= 0.6 is 27.5 Å². The van der Waals surface area contributed by atoms with E-state index in [-0.39, 0.29) is 31.1 Å². The van der Waals surface area contributed by atoms with Crippen LogP contribution in [-0.4, -0.2) is 44.4 Å². The smallest absolute Gasteiger partial charge is 0.338 e. The average Bonchev–Trinajstić information content (AvgIpc) is 3.00. The van der Waals surface area contributed by atoms with Gasteiger partial charge in [-0.2, -0.15) is 5.10 Å². The van der Waals surface area contributed by atoms with Crippen LogP contribution in [0, 0.1) is 0 Å². The quantitative estimate of drug-likeness (QED) is 0.132. The number of nitrogens with zero attached hydrogens (tertiary/aromatic N) is 1.